The van der Waals surface area contributed by atoms with Gasteiger partial charge in [-0.15, -0.1) is 0 Å². The standard InChI is InChI=1S/C15H16FN3O/c1-2-18-8-9-19(15(18)20)11-12-5-6-14(16)13(10-12)4-3-7-17/h5-6,8-10H,2,7,11,17H2,1H3. The molecule has 1 heterocycles. The van der Waals surface area contributed by atoms with Crippen LogP contribution >= 0.6 is 0 Å². The van der Waals surface area contributed by atoms with Gasteiger partial charge in [0.05, 0.1) is 18.7 Å². The van der Waals surface area contributed by atoms with Gasteiger partial charge in [0.25, 0.3) is 0 Å². The molecule has 4 nitrogen and oxygen atoms in total. The van der Waals surface area contributed by atoms with Gasteiger partial charge < -0.3 is 5.73 Å². The average molecular weight is 273 g/mol. The van der Waals surface area contributed by atoms with E-state index in [0.717, 1.165) is 5.56 Å². The molecule has 104 valence electrons. The van der Waals surface area contributed by atoms with Crippen molar-refractivity contribution in [2.75, 3.05) is 6.54 Å². The fourth-order valence-corrected chi connectivity index (χ4v) is 1.92. The topological polar surface area (TPSA) is 52.9 Å². The van der Waals surface area contributed by atoms with Crippen LogP contribution in [0.3, 0.4) is 0 Å². The lowest BCUT2D eigenvalue weighted by molar-refractivity contribution is 0.621. The summed E-state index contributed by atoms with van der Waals surface area (Å²) in [5.41, 5.74) is 6.33. The molecule has 2 N–H and O–H groups in total. The highest BCUT2D eigenvalue weighted by atomic mass is 19.1. The number of nitrogens with zero attached hydrogens (tertiary/aromatic N) is 2. The summed E-state index contributed by atoms with van der Waals surface area (Å²) < 4.78 is 16.7. The molecule has 0 amide bonds. The molecule has 0 saturated heterocycles. The molecule has 0 saturated carbocycles. The van der Waals surface area contributed by atoms with Crippen LogP contribution in [0, 0.1) is 17.7 Å². The van der Waals surface area contributed by atoms with Crippen molar-refractivity contribution in [3.8, 4) is 11.8 Å². The van der Waals surface area contributed by atoms with Crippen LogP contribution in [-0.4, -0.2) is 15.7 Å². The zero-order valence-electron chi connectivity index (χ0n) is 11.3. The molecule has 1 aromatic carbocycles. The predicted molar refractivity (Wildman–Crippen MR) is 75.8 cm³/mol. The number of hydrogen-bond donors (Lipinski definition) is 1. The van der Waals surface area contributed by atoms with E-state index in [0.29, 0.717) is 18.7 Å². The summed E-state index contributed by atoms with van der Waals surface area (Å²) >= 11 is 0. The Hall–Kier alpha value is -2.32. The Labute approximate surface area is 116 Å². The zero-order valence-corrected chi connectivity index (χ0v) is 11.3. The number of aryl methyl sites for hydroxylation is 1. The molecule has 0 bridgehead atoms. The van der Waals surface area contributed by atoms with E-state index in [1.807, 2.05) is 6.92 Å². The third kappa shape index (κ3) is 2.98. The largest absolute Gasteiger partial charge is 0.328 e. The van der Waals surface area contributed by atoms with Crippen LogP contribution in [0.4, 0.5) is 4.39 Å². The number of halogens is 1. The highest BCUT2D eigenvalue weighted by molar-refractivity contribution is 5.38. The van der Waals surface area contributed by atoms with Crippen LogP contribution in [0.1, 0.15) is 18.1 Å². The van der Waals surface area contributed by atoms with E-state index in [1.54, 1.807) is 33.7 Å². The highest BCUT2D eigenvalue weighted by Crippen LogP contribution is 2.10. The Morgan fingerprint density at radius 1 is 1.30 bits per heavy atom. The minimum Gasteiger partial charge on any atom is -0.320 e. The highest BCUT2D eigenvalue weighted by Gasteiger charge is 2.05. The van der Waals surface area contributed by atoms with Crippen LogP contribution in [-0.2, 0) is 13.1 Å². The van der Waals surface area contributed by atoms with E-state index in [1.165, 1.54) is 6.07 Å². The van der Waals surface area contributed by atoms with Crippen LogP contribution < -0.4 is 11.4 Å². The monoisotopic (exact) mass is 273 g/mol. The first-order chi connectivity index (χ1) is 9.65. The first-order valence-electron chi connectivity index (χ1n) is 6.38. The fraction of sp³-hybridized carbons (Fsp3) is 0.267. The molecule has 0 aliphatic carbocycles. The molecule has 0 radical (unpaired) electrons. The third-order valence-corrected chi connectivity index (χ3v) is 2.97. The van der Waals surface area contributed by atoms with Gasteiger partial charge in [0.2, 0.25) is 0 Å². The summed E-state index contributed by atoms with van der Waals surface area (Å²) in [5.74, 6) is 4.93. The molecule has 20 heavy (non-hydrogen) atoms. The lowest BCUT2D eigenvalue weighted by atomic mass is 10.1. The summed E-state index contributed by atoms with van der Waals surface area (Å²) in [4.78, 5) is 11.9. The lowest BCUT2D eigenvalue weighted by Crippen LogP contribution is -2.23. The van der Waals surface area contributed by atoms with Crippen molar-refractivity contribution < 1.29 is 4.39 Å². The van der Waals surface area contributed by atoms with Gasteiger partial charge in [-0.25, -0.2) is 9.18 Å². The normalized spacial score (nSPS) is 10.2. The Morgan fingerprint density at radius 2 is 2.05 bits per heavy atom. The summed E-state index contributed by atoms with van der Waals surface area (Å²) in [7, 11) is 0. The van der Waals surface area contributed by atoms with Gasteiger partial charge in [-0.05, 0) is 24.6 Å². The van der Waals surface area contributed by atoms with E-state index >= 15 is 0 Å². The van der Waals surface area contributed by atoms with Gasteiger partial charge in [0.15, 0.2) is 0 Å². The number of rotatable bonds is 3. The van der Waals surface area contributed by atoms with Gasteiger partial charge in [-0.1, -0.05) is 17.9 Å². The van der Waals surface area contributed by atoms with Gasteiger partial charge >= 0.3 is 5.69 Å². The summed E-state index contributed by atoms with van der Waals surface area (Å²) in [5, 5.41) is 0. The van der Waals surface area contributed by atoms with Crippen molar-refractivity contribution in [1.29, 1.82) is 0 Å². The maximum atomic E-state index is 13.6. The number of aromatic nitrogens is 2. The lowest BCUT2D eigenvalue weighted by Gasteiger charge is -2.04. The molecule has 0 aliphatic heterocycles. The minimum absolute atomic E-state index is 0.0774. The first-order valence-corrected chi connectivity index (χ1v) is 6.38. The van der Waals surface area contributed by atoms with Crippen LogP contribution in [0.2, 0.25) is 0 Å². The van der Waals surface area contributed by atoms with E-state index in [9.17, 15) is 9.18 Å². The van der Waals surface area contributed by atoms with Gasteiger partial charge in [-0.3, -0.25) is 9.13 Å². The van der Waals surface area contributed by atoms with Crippen molar-refractivity contribution in [2.45, 2.75) is 20.0 Å². The molecule has 0 aliphatic rings. The van der Waals surface area contributed by atoms with E-state index in [-0.39, 0.29) is 18.1 Å². The van der Waals surface area contributed by atoms with E-state index in [4.69, 9.17) is 5.73 Å². The molecule has 1 aromatic heterocycles. The molecule has 2 aromatic rings. The minimum atomic E-state index is -0.381. The molecule has 0 spiro atoms. The van der Waals surface area contributed by atoms with Crippen LogP contribution in [0.25, 0.3) is 0 Å². The van der Waals surface area contributed by atoms with Crippen molar-refractivity contribution in [3.63, 3.8) is 0 Å². The predicted octanol–water partition coefficient (Wildman–Crippen LogP) is 1.17. The first kappa shape index (κ1) is 14.1. The number of benzene rings is 1. The maximum Gasteiger partial charge on any atom is 0.328 e. The van der Waals surface area contributed by atoms with Crippen LogP contribution in [0.15, 0.2) is 35.4 Å². The van der Waals surface area contributed by atoms with Gasteiger partial charge in [0.1, 0.15) is 5.82 Å². The Kier molecular flexibility index (Phi) is 4.38. The SMILES string of the molecule is CCn1ccn(Cc2ccc(F)c(C#CCN)c2)c1=O. The smallest absolute Gasteiger partial charge is 0.320 e. The van der Waals surface area contributed by atoms with Gasteiger partial charge in [0, 0.05) is 18.9 Å². The molecule has 2 rings (SSSR count). The number of hydrogen-bond acceptors (Lipinski definition) is 2. The fourth-order valence-electron chi connectivity index (χ4n) is 1.92. The molecular formula is C15H16FN3O. The Morgan fingerprint density at radius 3 is 2.70 bits per heavy atom. The zero-order chi connectivity index (χ0) is 14.5. The Bertz CT molecular complexity index is 719. The summed E-state index contributed by atoms with van der Waals surface area (Å²) in [6.45, 7) is 3.11. The van der Waals surface area contributed by atoms with Gasteiger partial charge in [-0.2, -0.15) is 0 Å². The quantitative estimate of drug-likeness (QED) is 0.853. The molecule has 0 unspecified atom stereocenters. The van der Waals surface area contributed by atoms with Crippen molar-refractivity contribution in [3.05, 3.63) is 58.0 Å². The second-order valence-corrected chi connectivity index (χ2v) is 4.31. The number of nitrogens with two attached hydrogens (primary N) is 1. The molecule has 0 atom stereocenters. The number of imidazole rings is 1. The second-order valence-electron chi connectivity index (χ2n) is 4.31. The Balaban J connectivity index is 2.29. The van der Waals surface area contributed by atoms with Crippen molar-refractivity contribution >= 4 is 0 Å². The van der Waals surface area contributed by atoms with Crippen LogP contribution in [0.5, 0.6) is 0 Å². The maximum absolute atomic E-state index is 13.6. The summed E-state index contributed by atoms with van der Waals surface area (Å²) in [6.07, 6.45) is 3.46. The summed E-state index contributed by atoms with van der Waals surface area (Å²) in [6, 6.07) is 4.66. The molecule has 5 heteroatoms. The molecular weight excluding hydrogens is 257 g/mol. The second kappa shape index (κ2) is 6.22. The van der Waals surface area contributed by atoms with Crippen molar-refractivity contribution in [2.24, 2.45) is 5.73 Å². The molecule has 0 fully saturated rings. The van der Waals surface area contributed by atoms with Crippen molar-refractivity contribution in [1.82, 2.24) is 9.13 Å². The van der Waals surface area contributed by atoms with E-state index in [2.05, 4.69) is 11.8 Å². The average Bonchev–Trinajstić information content (AvgIpc) is 2.80. The third-order valence-electron chi connectivity index (χ3n) is 2.97. The van der Waals surface area contributed by atoms with E-state index < -0.39 is 0 Å².